The van der Waals surface area contributed by atoms with Crippen LogP contribution in [0.1, 0.15) is 30.8 Å². The van der Waals surface area contributed by atoms with E-state index in [4.69, 9.17) is 0 Å². The number of amides is 1. The van der Waals surface area contributed by atoms with E-state index < -0.39 is 0 Å². The number of carbonyl (C=O) groups is 1. The average molecular weight is 436 g/mol. The molecule has 1 unspecified atom stereocenters. The Morgan fingerprint density at radius 2 is 1.94 bits per heavy atom. The molecule has 4 rings (SSSR count). The van der Waals surface area contributed by atoms with E-state index in [1.165, 1.54) is 5.69 Å². The summed E-state index contributed by atoms with van der Waals surface area (Å²) in [5.41, 5.74) is 3.20. The van der Waals surface area contributed by atoms with Gasteiger partial charge in [0, 0.05) is 61.6 Å². The number of hydrogen-bond donors (Lipinski definition) is 1. The van der Waals surface area contributed by atoms with Crippen molar-refractivity contribution < 1.29 is 4.79 Å². The van der Waals surface area contributed by atoms with Crippen molar-refractivity contribution >= 4 is 22.9 Å². The van der Waals surface area contributed by atoms with Crippen LogP contribution in [0, 0.1) is 0 Å². The maximum Gasteiger partial charge on any atom is 0.220 e. The normalized spacial score (nSPS) is 15.6. The van der Waals surface area contributed by atoms with Gasteiger partial charge >= 0.3 is 0 Å². The number of nitrogens with zero attached hydrogens (tertiary/aromatic N) is 4. The number of rotatable bonds is 8. The zero-order chi connectivity index (χ0) is 21.5. The van der Waals surface area contributed by atoms with Gasteiger partial charge in [-0.15, -0.1) is 11.3 Å². The van der Waals surface area contributed by atoms with Crippen molar-refractivity contribution in [3.63, 3.8) is 0 Å². The van der Waals surface area contributed by atoms with E-state index >= 15 is 0 Å². The van der Waals surface area contributed by atoms with Gasteiger partial charge in [0.2, 0.25) is 5.91 Å². The third kappa shape index (κ3) is 5.89. The molecule has 1 aliphatic rings. The molecule has 162 valence electrons. The van der Waals surface area contributed by atoms with E-state index in [1.807, 2.05) is 30.6 Å². The molecule has 1 aliphatic heterocycles. The number of hydrogen-bond acceptors (Lipinski definition) is 6. The van der Waals surface area contributed by atoms with Crippen LogP contribution in [0.15, 0.2) is 60.2 Å². The molecule has 0 saturated carbocycles. The highest BCUT2D eigenvalue weighted by Crippen LogP contribution is 2.25. The van der Waals surface area contributed by atoms with Crippen molar-refractivity contribution in [3.05, 3.63) is 65.2 Å². The quantitative estimate of drug-likeness (QED) is 0.580. The molecule has 6 nitrogen and oxygen atoms in total. The number of thiazole rings is 1. The van der Waals surface area contributed by atoms with Gasteiger partial charge < -0.3 is 10.2 Å². The average Bonchev–Trinajstić information content (AvgIpc) is 3.31. The fourth-order valence-corrected chi connectivity index (χ4v) is 4.68. The monoisotopic (exact) mass is 435 g/mol. The van der Waals surface area contributed by atoms with Crippen LogP contribution in [-0.4, -0.2) is 53.5 Å². The first-order valence-corrected chi connectivity index (χ1v) is 11.7. The zero-order valence-corrected chi connectivity index (χ0v) is 18.7. The van der Waals surface area contributed by atoms with Crippen LogP contribution in [-0.2, 0) is 4.79 Å². The first-order chi connectivity index (χ1) is 15.2. The van der Waals surface area contributed by atoms with E-state index in [-0.39, 0.29) is 11.9 Å². The van der Waals surface area contributed by atoms with E-state index in [9.17, 15) is 4.79 Å². The van der Waals surface area contributed by atoms with Gasteiger partial charge in [-0.2, -0.15) is 0 Å². The van der Waals surface area contributed by atoms with Crippen molar-refractivity contribution in [3.8, 4) is 11.3 Å². The number of nitrogens with one attached hydrogen (secondary N) is 1. The predicted octanol–water partition coefficient (Wildman–Crippen LogP) is 3.98. The minimum absolute atomic E-state index is 0.0858. The molecule has 1 atom stereocenters. The summed E-state index contributed by atoms with van der Waals surface area (Å²) in [4.78, 5) is 26.1. The summed E-state index contributed by atoms with van der Waals surface area (Å²) in [5, 5.41) is 6.03. The second-order valence-electron chi connectivity index (χ2n) is 7.87. The molecule has 3 heterocycles. The first kappa shape index (κ1) is 21.5. The molecule has 1 N–H and O–H groups in total. The number of anilines is 1. The van der Waals surface area contributed by atoms with Gasteiger partial charge in [-0.1, -0.05) is 18.2 Å². The summed E-state index contributed by atoms with van der Waals surface area (Å²) in [7, 11) is 0. The van der Waals surface area contributed by atoms with Crippen molar-refractivity contribution in [2.45, 2.75) is 25.8 Å². The van der Waals surface area contributed by atoms with Crippen molar-refractivity contribution in [2.75, 3.05) is 37.6 Å². The molecule has 2 aromatic heterocycles. The van der Waals surface area contributed by atoms with Gasteiger partial charge in [-0.3, -0.25) is 14.7 Å². The molecule has 7 heteroatoms. The van der Waals surface area contributed by atoms with Gasteiger partial charge in [-0.25, -0.2) is 4.98 Å². The summed E-state index contributed by atoms with van der Waals surface area (Å²) in [6.45, 7) is 7.12. The number of benzene rings is 1. The second kappa shape index (κ2) is 10.5. The number of aromatic nitrogens is 2. The van der Waals surface area contributed by atoms with E-state index in [0.29, 0.717) is 6.42 Å². The summed E-state index contributed by atoms with van der Waals surface area (Å²) in [6.07, 6.45) is 4.98. The van der Waals surface area contributed by atoms with E-state index in [2.05, 4.69) is 55.4 Å². The highest BCUT2D eigenvalue weighted by molar-refractivity contribution is 7.10. The van der Waals surface area contributed by atoms with Gasteiger partial charge in [0.15, 0.2) is 0 Å². The van der Waals surface area contributed by atoms with E-state index in [1.54, 1.807) is 17.5 Å². The standard InChI is InChI=1S/C24H29N5OS/c1-19(24-27-22(18-31-24)20-7-5-11-25-17-20)26-23(30)10-6-12-28-13-15-29(16-14-28)21-8-3-2-4-9-21/h2-5,7-9,11,17-19H,6,10,12-16H2,1H3,(H,26,30). The SMILES string of the molecule is CC(NC(=O)CCCN1CCN(c2ccccc2)CC1)c1nc(-c2cccnc2)cs1. The lowest BCUT2D eigenvalue weighted by atomic mass is 10.2. The van der Waals surface area contributed by atoms with Crippen LogP contribution in [0.4, 0.5) is 5.69 Å². The number of carbonyl (C=O) groups excluding carboxylic acids is 1. The van der Waals surface area contributed by atoms with Crippen LogP contribution in [0.2, 0.25) is 0 Å². The van der Waals surface area contributed by atoms with Crippen molar-refractivity contribution in [1.29, 1.82) is 0 Å². The highest BCUT2D eigenvalue weighted by atomic mass is 32.1. The molecule has 1 aromatic carbocycles. The molecular weight excluding hydrogens is 406 g/mol. The molecule has 3 aromatic rings. The topological polar surface area (TPSA) is 61.4 Å². The lowest BCUT2D eigenvalue weighted by Crippen LogP contribution is -2.46. The molecule has 1 amide bonds. The lowest BCUT2D eigenvalue weighted by Gasteiger charge is -2.36. The minimum atomic E-state index is -0.0858. The Hall–Kier alpha value is -2.77. The summed E-state index contributed by atoms with van der Waals surface area (Å²) < 4.78 is 0. The van der Waals surface area contributed by atoms with Crippen LogP contribution in [0.3, 0.4) is 0 Å². The minimum Gasteiger partial charge on any atom is -0.369 e. The number of para-hydroxylation sites is 1. The fraction of sp³-hybridized carbons (Fsp3) is 0.375. The Kier molecular flexibility index (Phi) is 7.27. The van der Waals surface area contributed by atoms with Crippen LogP contribution in [0.5, 0.6) is 0 Å². The van der Waals surface area contributed by atoms with Gasteiger partial charge in [0.05, 0.1) is 11.7 Å². The first-order valence-electron chi connectivity index (χ1n) is 10.9. The van der Waals surface area contributed by atoms with Crippen LogP contribution in [0.25, 0.3) is 11.3 Å². The summed E-state index contributed by atoms with van der Waals surface area (Å²) >= 11 is 1.57. The largest absolute Gasteiger partial charge is 0.369 e. The number of piperazine rings is 1. The Labute approximate surface area is 187 Å². The predicted molar refractivity (Wildman–Crippen MR) is 126 cm³/mol. The summed E-state index contributed by atoms with van der Waals surface area (Å²) in [6, 6.07) is 14.4. The Balaban J connectivity index is 1.17. The van der Waals surface area contributed by atoms with Gasteiger partial charge in [0.25, 0.3) is 0 Å². The van der Waals surface area contributed by atoms with Gasteiger partial charge in [-0.05, 0) is 44.2 Å². The molecule has 1 saturated heterocycles. The molecule has 0 radical (unpaired) electrons. The smallest absolute Gasteiger partial charge is 0.220 e. The Morgan fingerprint density at radius 1 is 1.13 bits per heavy atom. The number of pyridine rings is 1. The molecule has 0 spiro atoms. The Morgan fingerprint density at radius 3 is 2.68 bits per heavy atom. The molecule has 0 aliphatic carbocycles. The third-order valence-electron chi connectivity index (χ3n) is 5.60. The molecule has 31 heavy (non-hydrogen) atoms. The van der Waals surface area contributed by atoms with E-state index in [0.717, 1.165) is 55.4 Å². The van der Waals surface area contributed by atoms with Crippen LogP contribution < -0.4 is 10.2 Å². The zero-order valence-electron chi connectivity index (χ0n) is 17.9. The lowest BCUT2D eigenvalue weighted by molar-refractivity contribution is -0.121. The van der Waals surface area contributed by atoms with Crippen molar-refractivity contribution in [2.24, 2.45) is 0 Å². The maximum absolute atomic E-state index is 12.4. The fourth-order valence-electron chi connectivity index (χ4n) is 3.84. The molecule has 1 fully saturated rings. The highest BCUT2D eigenvalue weighted by Gasteiger charge is 2.18. The Bertz CT molecular complexity index is 954. The molecular formula is C24H29N5OS. The van der Waals surface area contributed by atoms with Crippen LogP contribution >= 0.6 is 11.3 Å². The molecule has 0 bridgehead atoms. The third-order valence-corrected chi connectivity index (χ3v) is 6.63. The summed E-state index contributed by atoms with van der Waals surface area (Å²) in [5.74, 6) is 0.0912. The van der Waals surface area contributed by atoms with Gasteiger partial charge in [0.1, 0.15) is 5.01 Å². The van der Waals surface area contributed by atoms with Crippen molar-refractivity contribution in [1.82, 2.24) is 20.2 Å². The second-order valence-corrected chi connectivity index (χ2v) is 8.76. The maximum atomic E-state index is 12.4.